The molecule has 1 atom stereocenters. The minimum Gasteiger partial charge on any atom is -0.325 e. The fourth-order valence-electron chi connectivity index (χ4n) is 2.72. The van der Waals surface area contributed by atoms with Crippen molar-refractivity contribution in [2.75, 3.05) is 38.5 Å². The summed E-state index contributed by atoms with van der Waals surface area (Å²) < 4.78 is 13.0. The Labute approximate surface area is 119 Å². The Kier molecular flexibility index (Phi) is 5.49. The summed E-state index contributed by atoms with van der Waals surface area (Å²) in [6.07, 6.45) is 2.34. The molecule has 110 valence electrons. The maximum Gasteiger partial charge on any atom is 0.238 e. The normalized spacial score (nSPS) is 19.8. The Bertz CT molecular complexity index is 450. The molecule has 1 aromatic rings. The van der Waals surface area contributed by atoms with E-state index in [2.05, 4.69) is 15.5 Å². The molecule has 1 fully saturated rings. The van der Waals surface area contributed by atoms with Crippen LogP contribution in [0.2, 0.25) is 0 Å². The predicted octanol–water partition coefficient (Wildman–Crippen LogP) is 1.70. The SMILES string of the molecule is CNCC1CCCN(CC(=O)Nc2cccc(F)c2)C1. The third-order valence-corrected chi connectivity index (χ3v) is 3.57. The maximum atomic E-state index is 13.0. The van der Waals surface area contributed by atoms with E-state index in [4.69, 9.17) is 0 Å². The molecule has 1 unspecified atom stereocenters. The summed E-state index contributed by atoms with van der Waals surface area (Å²) in [5.41, 5.74) is 0.513. The molecule has 1 saturated heterocycles. The van der Waals surface area contributed by atoms with Crippen molar-refractivity contribution in [1.82, 2.24) is 10.2 Å². The van der Waals surface area contributed by atoms with Gasteiger partial charge in [0.05, 0.1) is 6.54 Å². The lowest BCUT2D eigenvalue weighted by molar-refractivity contribution is -0.117. The lowest BCUT2D eigenvalue weighted by Gasteiger charge is -2.32. The second-order valence-electron chi connectivity index (χ2n) is 5.36. The Hall–Kier alpha value is -1.46. The van der Waals surface area contributed by atoms with Crippen molar-refractivity contribution >= 4 is 11.6 Å². The maximum absolute atomic E-state index is 13.0. The van der Waals surface area contributed by atoms with E-state index >= 15 is 0 Å². The number of amides is 1. The topological polar surface area (TPSA) is 44.4 Å². The van der Waals surface area contributed by atoms with Gasteiger partial charge in [-0.2, -0.15) is 0 Å². The highest BCUT2D eigenvalue weighted by molar-refractivity contribution is 5.92. The number of piperidine rings is 1. The lowest BCUT2D eigenvalue weighted by Crippen LogP contribution is -2.42. The van der Waals surface area contributed by atoms with Crippen molar-refractivity contribution in [3.63, 3.8) is 0 Å². The van der Waals surface area contributed by atoms with Gasteiger partial charge in [0, 0.05) is 12.2 Å². The van der Waals surface area contributed by atoms with Gasteiger partial charge < -0.3 is 10.6 Å². The third kappa shape index (κ3) is 4.58. The molecular weight excluding hydrogens is 257 g/mol. The number of likely N-dealkylation sites (tertiary alicyclic amines) is 1. The first-order valence-electron chi connectivity index (χ1n) is 7.10. The number of carbonyl (C=O) groups excluding carboxylic acids is 1. The largest absolute Gasteiger partial charge is 0.325 e. The van der Waals surface area contributed by atoms with E-state index in [1.807, 2.05) is 7.05 Å². The molecule has 4 nitrogen and oxygen atoms in total. The third-order valence-electron chi connectivity index (χ3n) is 3.57. The number of hydrogen-bond acceptors (Lipinski definition) is 3. The molecule has 0 aromatic heterocycles. The van der Waals surface area contributed by atoms with Crippen LogP contribution < -0.4 is 10.6 Å². The van der Waals surface area contributed by atoms with E-state index in [1.54, 1.807) is 12.1 Å². The van der Waals surface area contributed by atoms with Crippen LogP contribution in [0.15, 0.2) is 24.3 Å². The molecule has 0 aliphatic carbocycles. The Morgan fingerprint density at radius 2 is 2.35 bits per heavy atom. The van der Waals surface area contributed by atoms with Crippen LogP contribution in [0, 0.1) is 11.7 Å². The molecule has 0 saturated carbocycles. The lowest BCUT2D eigenvalue weighted by atomic mass is 9.98. The highest BCUT2D eigenvalue weighted by Gasteiger charge is 2.20. The summed E-state index contributed by atoms with van der Waals surface area (Å²) in [4.78, 5) is 14.1. The van der Waals surface area contributed by atoms with Crippen LogP contribution in [-0.2, 0) is 4.79 Å². The monoisotopic (exact) mass is 279 g/mol. The van der Waals surface area contributed by atoms with E-state index in [0.29, 0.717) is 18.2 Å². The second kappa shape index (κ2) is 7.36. The Morgan fingerprint density at radius 1 is 1.50 bits per heavy atom. The fraction of sp³-hybridized carbons (Fsp3) is 0.533. The minimum atomic E-state index is -0.338. The molecule has 0 radical (unpaired) electrons. The predicted molar refractivity (Wildman–Crippen MR) is 78.1 cm³/mol. The Balaban J connectivity index is 1.82. The van der Waals surface area contributed by atoms with Crippen molar-refractivity contribution in [1.29, 1.82) is 0 Å². The van der Waals surface area contributed by atoms with Gasteiger partial charge in [0.2, 0.25) is 5.91 Å². The van der Waals surface area contributed by atoms with Crippen molar-refractivity contribution in [3.05, 3.63) is 30.1 Å². The van der Waals surface area contributed by atoms with Crippen molar-refractivity contribution < 1.29 is 9.18 Å². The van der Waals surface area contributed by atoms with E-state index in [-0.39, 0.29) is 11.7 Å². The van der Waals surface area contributed by atoms with Crippen molar-refractivity contribution in [2.45, 2.75) is 12.8 Å². The number of nitrogens with zero attached hydrogens (tertiary/aromatic N) is 1. The molecule has 1 aromatic carbocycles. The summed E-state index contributed by atoms with van der Waals surface area (Å²) in [7, 11) is 1.95. The van der Waals surface area contributed by atoms with Gasteiger partial charge in [-0.3, -0.25) is 9.69 Å². The summed E-state index contributed by atoms with van der Waals surface area (Å²) in [6, 6.07) is 5.98. The first-order chi connectivity index (χ1) is 9.67. The highest BCUT2D eigenvalue weighted by Crippen LogP contribution is 2.16. The molecule has 2 rings (SSSR count). The highest BCUT2D eigenvalue weighted by atomic mass is 19.1. The number of halogens is 1. The van der Waals surface area contributed by atoms with Gasteiger partial charge in [-0.1, -0.05) is 6.07 Å². The van der Waals surface area contributed by atoms with Gasteiger partial charge in [-0.05, 0) is 57.1 Å². The van der Waals surface area contributed by atoms with Crippen LogP contribution in [0.3, 0.4) is 0 Å². The summed E-state index contributed by atoms with van der Waals surface area (Å²) in [5.74, 6) is 0.186. The minimum absolute atomic E-state index is 0.0827. The van der Waals surface area contributed by atoms with Gasteiger partial charge in [0.1, 0.15) is 5.82 Å². The molecule has 20 heavy (non-hydrogen) atoms. The first-order valence-corrected chi connectivity index (χ1v) is 7.10. The summed E-state index contributed by atoms with van der Waals surface area (Å²) in [5, 5.41) is 5.93. The average Bonchev–Trinajstić information content (AvgIpc) is 2.39. The van der Waals surface area contributed by atoms with Crippen LogP contribution in [0.4, 0.5) is 10.1 Å². The molecule has 1 aliphatic heterocycles. The summed E-state index contributed by atoms with van der Waals surface area (Å²) in [6.45, 7) is 3.26. The molecule has 2 N–H and O–H groups in total. The molecule has 1 amide bonds. The van der Waals surface area contributed by atoms with Gasteiger partial charge in [-0.25, -0.2) is 4.39 Å². The van der Waals surface area contributed by atoms with Crippen LogP contribution in [0.1, 0.15) is 12.8 Å². The molecule has 5 heteroatoms. The fourth-order valence-corrected chi connectivity index (χ4v) is 2.72. The van der Waals surface area contributed by atoms with Crippen LogP contribution in [0.5, 0.6) is 0 Å². The molecule has 1 heterocycles. The number of hydrogen-bond donors (Lipinski definition) is 2. The van der Waals surface area contributed by atoms with Gasteiger partial charge in [0.25, 0.3) is 0 Å². The van der Waals surface area contributed by atoms with Crippen molar-refractivity contribution in [3.8, 4) is 0 Å². The van der Waals surface area contributed by atoms with Gasteiger partial charge in [0.15, 0.2) is 0 Å². The van der Waals surface area contributed by atoms with E-state index < -0.39 is 0 Å². The number of nitrogens with one attached hydrogen (secondary N) is 2. The average molecular weight is 279 g/mol. The van der Waals surface area contributed by atoms with Crippen LogP contribution >= 0.6 is 0 Å². The summed E-state index contributed by atoms with van der Waals surface area (Å²) >= 11 is 0. The zero-order valence-electron chi connectivity index (χ0n) is 11.9. The standard InChI is InChI=1S/C15H22FN3O/c1-17-9-12-4-3-7-19(10-12)11-15(20)18-14-6-2-5-13(16)8-14/h2,5-6,8,12,17H,3-4,7,9-11H2,1H3,(H,18,20). The number of anilines is 1. The van der Waals surface area contributed by atoms with E-state index in [1.165, 1.54) is 18.6 Å². The zero-order valence-corrected chi connectivity index (χ0v) is 11.9. The smallest absolute Gasteiger partial charge is 0.238 e. The second-order valence-corrected chi connectivity index (χ2v) is 5.36. The van der Waals surface area contributed by atoms with E-state index in [9.17, 15) is 9.18 Å². The molecule has 1 aliphatic rings. The number of benzene rings is 1. The van der Waals surface area contributed by atoms with Crippen LogP contribution in [0.25, 0.3) is 0 Å². The Morgan fingerprint density at radius 3 is 3.10 bits per heavy atom. The zero-order chi connectivity index (χ0) is 14.4. The molecule has 0 spiro atoms. The molecule has 0 bridgehead atoms. The molecular formula is C15H22FN3O. The van der Waals surface area contributed by atoms with E-state index in [0.717, 1.165) is 26.1 Å². The number of carbonyl (C=O) groups is 1. The van der Waals surface area contributed by atoms with Gasteiger partial charge in [-0.15, -0.1) is 0 Å². The van der Waals surface area contributed by atoms with Crippen molar-refractivity contribution in [2.24, 2.45) is 5.92 Å². The van der Waals surface area contributed by atoms with Gasteiger partial charge >= 0.3 is 0 Å². The number of rotatable bonds is 5. The first kappa shape index (κ1) is 14.9. The quantitative estimate of drug-likeness (QED) is 0.862. The van der Waals surface area contributed by atoms with Crippen LogP contribution in [-0.4, -0.2) is 44.0 Å².